The number of furan rings is 1. The van der Waals surface area contributed by atoms with E-state index in [9.17, 15) is 0 Å². The SMILES string of the molecule is CC(CCc1ccccc1)Sc1nnc(C2CC2)n1Cc1ccco1. The van der Waals surface area contributed by atoms with Gasteiger partial charge in [0.1, 0.15) is 11.6 Å². The van der Waals surface area contributed by atoms with Crippen LogP contribution in [0.25, 0.3) is 0 Å². The summed E-state index contributed by atoms with van der Waals surface area (Å²) in [6.45, 7) is 3.00. The molecule has 2 heterocycles. The molecule has 3 aromatic rings. The highest BCUT2D eigenvalue weighted by Gasteiger charge is 2.31. The fraction of sp³-hybridized carbons (Fsp3) is 0.400. The number of thioether (sulfide) groups is 1. The molecule has 1 fully saturated rings. The zero-order chi connectivity index (χ0) is 17.1. The Hall–Kier alpha value is -2.01. The second kappa shape index (κ2) is 7.48. The first-order chi connectivity index (χ1) is 12.3. The van der Waals surface area contributed by atoms with Crippen LogP contribution >= 0.6 is 11.8 Å². The standard InChI is InChI=1S/C20H23N3OS/c1-15(9-10-16-6-3-2-4-7-16)25-20-22-21-19(17-11-12-17)23(20)14-18-8-5-13-24-18/h2-8,13,15,17H,9-12,14H2,1H3. The van der Waals surface area contributed by atoms with Gasteiger partial charge in [0.2, 0.25) is 0 Å². The molecule has 25 heavy (non-hydrogen) atoms. The van der Waals surface area contributed by atoms with Gasteiger partial charge in [-0.1, -0.05) is 49.0 Å². The van der Waals surface area contributed by atoms with Crippen LogP contribution in [0.5, 0.6) is 0 Å². The molecule has 0 radical (unpaired) electrons. The molecular weight excluding hydrogens is 330 g/mol. The minimum atomic E-state index is 0.492. The Morgan fingerprint density at radius 2 is 2.00 bits per heavy atom. The molecule has 1 aliphatic rings. The molecule has 1 aliphatic carbocycles. The van der Waals surface area contributed by atoms with Crippen molar-refractivity contribution in [2.24, 2.45) is 0 Å². The Morgan fingerprint density at radius 1 is 1.16 bits per heavy atom. The van der Waals surface area contributed by atoms with Crippen molar-refractivity contribution in [3.63, 3.8) is 0 Å². The smallest absolute Gasteiger partial charge is 0.191 e. The van der Waals surface area contributed by atoms with Crippen LogP contribution < -0.4 is 0 Å². The van der Waals surface area contributed by atoms with Crippen LogP contribution in [0.15, 0.2) is 58.3 Å². The van der Waals surface area contributed by atoms with Crippen molar-refractivity contribution < 1.29 is 4.42 Å². The third kappa shape index (κ3) is 4.15. The van der Waals surface area contributed by atoms with Crippen LogP contribution in [-0.2, 0) is 13.0 Å². The molecule has 4 nitrogen and oxygen atoms in total. The molecule has 5 heteroatoms. The van der Waals surface area contributed by atoms with Crippen LogP contribution in [0.4, 0.5) is 0 Å². The maximum absolute atomic E-state index is 5.54. The van der Waals surface area contributed by atoms with E-state index in [2.05, 4.69) is 52.0 Å². The minimum absolute atomic E-state index is 0.492. The molecular formula is C20H23N3OS. The summed E-state index contributed by atoms with van der Waals surface area (Å²) in [5.74, 6) is 2.66. The van der Waals surface area contributed by atoms with Crippen LogP contribution in [0.3, 0.4) is 0 Å². The lowest BCUT2D eigenvalue weighted by Crippen LogP contribution is -2.07. The fourth-order valence-corrected chi connectivity index (χ4v) is 3.96. The van der Waals surface area contributed by atoms with E-state index in [1.165, 1.54) is 18.4 Å². The molecule has 1 atom stereocenters. The maximum Gasteiger partial charge on any atom is 0.191 e. The first-order valence-corrected chi connectivity index (χ1v) is 9.83. The summed E-state index contributed by atoms with van der Waals surface area (Å²) < 4.78 is 7.79. The van der Waals surface area contributed by atoms with E-state index in [4.69, 9.17) is 4.42 Å². The highest BCUT2D eigenvalue weighted by molar-refractivity contribution is 7.99. The summed E-state index contributed by atoms with van der Waals surface area (Å²) in [5.41, 5.74) is 1.39. The topological polar surface area (TPSA) is 43.9 Å². The van der Waals surface area contributed by atoms with Gasteiger partial charge < -0.3 is 4.42 Å². The second-order valence-corrected chi connectivity index (χ2v) is 8.14. The molecule has 0 aliphatic heterocycles. The average molecular weight is 353 g/mol. The molecule has 0 amide bonds. The summed E-state index contributed by atoms with van der Waals surface area (Å²) in [4.78, 5) is 0. The molecule has 1 aromatic carbocycles. The van der Waals surface area contributed by atoms with Crippen molar-refractivity contribution >= 4 is 11.8 Å². The summed E-state index contributed by atoms with van der Waals surface area (Å²) in [7, 11) is 0. The van der Waals surface area contributed by atoms with Crippen molar-refractivity contribution in [1.29, 1.82) is 0 Å². The van der Waals surface area contributed by atoms with E-state index in [-0.39, 0.29) is 0 Å². The molecule has 1 unspecified atom stereocenters. The minimum Gasteiger partial charge on any atom is -0.467 e. The third-order valence-electron chi connectivity index (χ3n) is 4.57. The van der Waals surface area contributed by atoms with Gasteiger partial charge in [-0.3, -0.25) is 4.57 Å². The van der Waals surface area contributed by atoms with Crippen LogP contribution in [0.2, 0.25) is 0 Å². The molecule has 1 saturated carbocycles. The molecule has 4 rings (SSSR count). The lowest BCUT2D eigenvalue weighted by molar-refractivity contribution is 0.478. The fourth-order valence-electron chi connectivity index (χ4n) is 2.99. The van der Waals surface area contributed by atoms with Gasteiger partial charge >= 0.3 is 0 Å². The van der Waals surface area contributed by atoms with Crippen LogP contribution in [0.1, 0.15) is 49.3 Å². The van der Waals surface area contributed by atoms with Gasteiger partial charge in [-0.25, -0.2) is 0 Å². The predicted molar refractivity (Wildman–Crippen MR) is 99.9 cm³/mol. The van der Waals surface area contributed by atoms with E-state index < -0.39 is 0 Å². The number of aromatic nitrogens is 3. The average Bonchev–Trinajstić information content (AvgIpc) is 3.21. The highest BCUT2D eigenvalue weighted by Crippen LogP contribution is 2.40. The van der Waals surface area contributed by atoms with Gasteiger partial charge in [0.05, 0.1) is 12.8 Å². The molecule has 0 saturated heterocycles. The number of benzene rings is 1. The van der Waals surface area contributed by atoms with Crippen molar-refractivity contribution in [3.8, 4) is 0 Å². The molecule has 0 spiro atoms. The number of hydrogen-bond acceptors (Lipinski definition) is 4. The Balaban J connectivity index is 1.44. The van der Waals surface area contributed by atoms with Gasteiger partial charge in [-0.2, -0.15) is 0 Å². The van der Waals surface area contributed by atoms with Gasteiger partial charge in [-0.15, -0.1) is 10.2 Å². The van der Waals surface area contributed by atoms with Gasteiger partial charge in [-0.05, 0) is 43.4 Å². The zero-order valence-electron chi connectivity index (χ0n) is 14.5. The Labute approximate surface area is 152 Å². The van der Waals surface area contributed by atoms with Gasteiger partial charge in [0.25, 0.3) is 0 Å². The quantitative estimate of drug-likeness (QED) is 0.540. The number of nitrogens with zero attached hydrogens (tertiary/aromatic N) is 3. The lowest BCUT2D eigenvalue weighted by Gasteiger charge is -2.13. The van der Waals surface area contributed by atoms with Crippen LogP contribution in [0, 0.1) is 0 Å². The van der Waals surface area contributed by atoms with E-state index >= 15 is 0 Å². The normalized spacial score (nSPS) is 15.4. The van der Waals surface area contributed by atoms with Crippen molar-refractivity contribution in [2.45, 2.75) is 55.5 Å². The zero-order valence-corrected chi connectivity index (χ0v) is 15.3. The second-order valence-electron chi connectivity index (χ2n) is 6.73. The Kier molecular flexibility index (Phi) is 4.92. The predicted octanol–water partition coefficient (Wildman–Crippen LogP) is 4.91. The monoisotopic (exact) mass is 353 g/mol. The van der Waals surface area contributed by atoms with Gasteiger partial charge in [0.15, 0.2) is 5.16 Å². The summed E-state index contributed by atoms with van der Waals surface area (Å²) in [6, 6.07) is 14.6. The largest absolute Gasteiger partial charge is 0.467 e. The first kappa shape index (κ1) is 16.5. The molecule has 0 bridgehead atoms. The van der Waals surface area contributed by atoms with Crippen LogP contribution in [-0.4, -0.2) is 20.0 Å². The number of rotatable bonds is 8. The number of aryl methyl sites for hydroxylation is 1. The molecule has 2 aromatic heterocycles. The van der Waals surface area contributed by atoms with Crippen molar-refractivity contribution in [1.82, 2.24) is 14.8 Å². The third-order valence-corrected chi connectivity index (χ3v) is 5.72. The summed E-state index contributed by atoms with van der Waals surface area (Å²) in [5, 5.41) is 10.5. The van der Waals surface area contributed by atoms with E-state index in [1.807, 2.05) is 23.9 Å². The van der Waals surface area contributed by atoms with Crippen molar-refractivity contribution in [2.75, 3.05) is 0 Å². The summed E-state index contributed by atoms with van der Waals surface area (Å²) in [6.07, 6.45) is 6.40. The van der Waals surface area contributed by atoms with E-state index in [0.29, 0.717) is 11.2 Å². The maximum atomic E-state index is 5.54. The first-order valence-electron chi connectivity index (χ1n) is 8.95. The van der Waals surface area contributed by atoms with Crippen molar-refractivity contribution in [3.05, 3.63) is 65.9 Å². The highest BCUT2D eigenvalue weighted by atomic mass is 32.2. The summed E-state index contributed by atoms with van der Waals surface area (Å²) >= 11 is 1.82. The lowest BCUT2D eigenvalue weighted by atomic mass is 10.1. The number of hydrogen-bond donors (Lipinski definition) is 0. The van der Waals surface area contributed by atoms with Gasteiger partial charge in [0, 0.05) is 11.2 Å². The molecule has 130 valence electrons. The van der Waals surface area contributed by atoms with E-state index in [1.54, 1.807) is 6.26 Å². The van der Waals surface area contributed by atoms with E-state index in [0.717, 1.165) is 36.1 Å². The Bertz CT molecular complexity index is 794. The molecule has 0 N–H and O–H groups in total. The Morgan fingerprint density at radius 3 is 2.72 bits per heavy atom.